The minimum atomic E-state index is 0.183. The molecule has 0 N–H and O–H groups in total. The topological polar surface area (TPSA) is 17.1 Å². The highest BCUT2D eigenvalue weighted by Crippen LogP contribution is 2.57. The van der Waals surface area contributed by atoms with Crippen LogP contribution in [0.2, 0.25) is 0 Å². The zero-order valence-corrected chi connectivity index (χ0v) is 11.7. The lowest BCUT2D eigenvalue weighted by Gasteiger charge is -2.52. The van der Waals surface area contributed by atoms with Gasteiger partial charge in [-0.25, -0.2) is 0 Å². The highest BCUT2D eigenvalue weighted by atomic mass is 16.1. The zero-order valence-electron chi connectivity index (χ0n) is 11.7. The lowest BCUT2D eigenvalue weighted by molar-refractivity contribution is -0.122. The van der Waals surface area contributed by atoms with Gasteiger partial charge in [0.15, 0.2) is 5.78 Å². The van der Waals surface area contributed by atoms with Gasteiger partial charge in [-0.2, -0.15) is 0 Å². The molecule has 92 valence electrons. The minimum Gasteiger partial charge on any atom is -0.295 e. The van der Waals surface area contributed by atoms with Gasteiger partial charge < -0.3 is 0 Å². The average molecular weight is 222 g/mol. The number of carbonyl (C=O) groups is 1. The largest absolute Gasteiger partial charge is 0.295 e. The fraction of sp³-hybridized carbons (Fsp3) is 0.800. The van der Waals surface area contributed by atoms with Crippen LogP contribution in [0.15, 0.2) is 11.1 Å². The van der Waals surface area contributed by atoms with Gasteiger partial charge in [0, 0.05) is 6.42 Å². The zero-order chi connectivity index (χ0) is 12.6. The third-order valence-electron chi connectivity index (χ3n) is 5.54. The van der Waals surface area contributed by atoms with Gasteiger partial charge in [0.2, 0.25) is 0 Å². The molecule has 0 spiro atoms. The van der Waals surface area contributed by atoms with Crippen molar-refractivity contribution < 1.29 is 4.79 Å². The Morgan fingerprint density at radius 1 is 1.06 bits per heavy atom. The predicted molar refractivity (Wildman–Crippen MR) is 69.4 cm³/mol. The van der Waals surface area contributed by atoms with E-state index in [0.717, 1.165) is 31.3 Å². The second-order valence-electron chi connectivity index (χ2n) is 5.52. The molecular formula is C15H26O. The van der Waals surface area contributed by atoms with Crippen molar-refractivity contribution in [3.05, 3.63) is 11.1 Å². The smallest absolute Gasteiger partial charge is 0.159 e. The van der Waals surface area contributed by atoms with Crippen LogP contribution in [-0.2, 0) is 4.79 Å². The maximum Gasteiger partial charge on any atom is 0.159 e. The molecule has 0 bridgehead atoms. The predicted octanol–water partition coefficient (Wildman–Crippen LogP) is 4.52. The molecule has 1 aliphatic carbocycles. The Hall–Kier alpha value is -0.590. The quantitative estimate of drug-likeness (QED) is 0.686. The molecule has 1 rings (SSSR count). The van der Waals surface area contributed by atoms with Crippen LogP contribution < -0.4 is 0 Å². The Balaban J connectivity index is 3.40. The van der Waals surface area contributed by atoms with Crippen LogP contribution in [-0.4, -0.2) is 5.78 Å². The van der Waals surface area contributed by atoms with Crippen molar-refractivity contribution in [3.8, 4) is 0 Å². The summed E-state index contributed by atoms with van der Waals surface area (Å²) in [7, 11) is 0. The normalized spacial score (nSPS) is 29.8. The molecule has 0 radical (unpaired) electrons. The summed E-state index contributed by atoms with van der Waals surface area (Å²) in [5, 5.41) is 0. The number of ketones is 1. The van der Waals surface area contributed by atoms with Gasteiger partial charge in [-0.05, 0) is 49.5 Å². The van der Waals surface area contributed by atoms with E-state index in [0.29, 0.717) is 5.78 Å². The molecule has 0 saturated carbocycles. The number of Topliss-reactive ketones (excluding diaryl/α,β-unsaturated/α-hetero) is 1. The van der Waals surface area contributed by atoms with E-state index in [-0.39, 0.29) is 10.8 Å². The van der Waals surface area contributed by atoms with Gasteiger partial charge in [-0.1, -0.05) is 33.3 Å². The summed E-state index contributed by atoms with van der Waals surface area (Å²) in [5.74, 6) is 0.368. The van der Waals surface area contributed by atoms with Gasteiger partial charge >= 0.3 is 0 Å². The van der Waals surface area contributed by atoms with Crippen LogP contribution in [0.1, 0.15) is 67.2 Å². The average Bonchev–Trinajstić information content (AvgIpc) is 2.31. The van der Waals surface area contributed by atoms with E-state index < -0.39 is 0 Å². The molecule has 0 amide bonds. The van der Waals surface area contributed by atoms with Gasteiger partial charge in [0.05, 0.1) is 0 Å². The molecule has 0 aliphatic heterocycles. The molecule has 0 aromatic rings. The fourth-order valence-corrected chi connectivity index (χ4v) is 3.58. The van der Waals surface area contributed by atoms with Crippen LogP contribution in [0.4, 0.5) is 0 Å². The maximum absolute atomic E-state index is 12.1. The van der Waals surface area contributed by atoms with Crippen molar-refractivity contribution in [1.29, 1.82) is 0 Å². The van der Waals surface area contributed by atoms with Crippen LogP contribution >= 0.6 is 0 Å². The Kier molecular flexibility index (Phi) is 3.66. The van der Waals surface area contributed by atoms with Crippen molar-refractivity contribution in [1.82, 2.24) is 0 Å². The van der Waals surface area contributed by atoms with Gasteiger partial charge in [-0.15, -0.1) is 0 Å². The second-order valence-corrected chi connectivity index (χ2v) is 5.52. The molecule has 0 fully saturated rings. The van der Waals surface area contributed by atoms with E-state index in [4.69, 9.17) is 0 Å². The van der Waals surface area contributed by atoms with Gasteiger partial charge in [0.1, 0.15) is 0 Å². The maximum atomic E-state index is 12.1. The van der Waals surface area contributed by atoms with Crippen molar-refractivity contribution in [3.63, 3.8) is 0 Å². The van der Waals surface area contributed by atoms with Gasteiger partial charge in [-0.3, -0.25) is 4.79 Å². The van der Waals surface area contributed by atoms with Crippen LogP contribution in [0.25, 0.3) is 0 Å². The Morgan fingerprint density at radius 2 is 1.56 bits per heavy atom. The fourth-order valence-electron chi connectivity index (χ4n) is 3.58. The minimum absolute atomic E-state index is 0.183. The molecular weight excluding hydrogens is 196 g/mol. The van der Waals surface area contributed by atoms with E-state index in [1.165, 1.54) is 5.57 Å². The highest BCUT2D eigenvalue weighted by molar-refractivity contribution is 5.97. The first kappa shape index (κ1) is 13.5. The van der Waals surface area contributed by atoms with E-state index in [1.54, 1.807) is 0 Å². The van der Waals surface area contributed by atoms with Crippen LogP contribution in [0.5, 0.6) is 0 Å². The van der Waals surface area contributed by atoms with Crippen molar-refractivity contribution in [2.75, 3.05) is 0 Å². The number of carbonyl (C=O) groups excluding carboxylic acids is 1. The summed E-state index contributed by atoms with van der Waals surface area (Å²) in [5.41, 5.74) is 2.73. The number of hydrogen-bond donors (Lipinski definition) is 0. The third kappa shape index (κ3) is 1.56. The van der Waals surface area contributed by atoms with E-state index in [9.17, 15) is 4.79 Å². The third-order valence-corrected chi connectivity index (χ3v) is 5.54. The Labute approximate surface area is 100 Å². The summed E-state index contributed by atoms with van der Waals surface area (Å²) in [6.07, 6.45) is 4.08. The standard InChI is InChI=1S/C15H26O/c1-7-14(6)12(5)11(4)13(16)10-15(14,8-2)9-3/h7-10H2,1-6H3. The molecule has 0 aromatic heterocycles. The molecule has 1 atom stereocenters. The number of allylic oxidation sites excluding steroid dienone is 2. The molecule has 0 saturated heterocycles. The highest BCUT2D eigenvalue weighted by Gasteiger charge is 2.50. The summed E-state index contributed by atoms with van der Waals surface area (Å²) in [6.45, 7) is 13.2. The first-order valence-electron chi connectivity index (χ1n) is 6.59. The number of rotatable bonds is 3. The van der Waals surface area contributed by atoms with Crippen molar-refractivity contribution >= 4 is 5.78 Å². The molecule has 0 aromatic carbocycles. The molecule has 1 nitrogen and oxygen atoms in total. The van der Waals surface area contributed by atoms with E-state index >= 15 is 0 Å². The first-order valence-corrected chi connectivity index (χ1v) is 6.59. The van der Waals surface area contributed by atoms with Crippen LogP contribution in [0, 0.1) is 10.8 Å². The molecule has 16 heavy (non-hydrogen) atoms. The molecule has 0 heterocycles. The summed E-state index contributed by atoms with van der Waals surface area (Å²) in [4.78, 5) is 12.1. The monoisotopic (exact) mass is 222 g/mol. The number of hydrogen-bond acceptors (Lipinski definition) is 1. The van der Waals surface area contributed by atoms with E-state index in [1.807, 2.05) is 6.92 Å². The van der Waals surface area contributed by atoms with Crippen molar-refractivity contribution in [2.24, 2.45) is 10.8 Å². The lowest BCUT2D eigenvalue weighted by Crippen LogP contribution is -2.45. The lowest BCUT2D eigenvalue weighted by atomic mass is 9.51. The van der Waals surface area contributed by atoms with Crippen LogP contribution in [0.3, 0.4) is 0 Å². The first-order chi connectivity index (χ1) is 7.38. The van der Waals surface area contributed by atoms with Crippen molar-refractivity contribution in [2.45, 2.75) is 67.2 Å². The molecule has 1 aliphatic rings. The molecule has 1 unspecified atom stereocenters. The summed E-state index contributed by atoms with van der Waals surface area (Å²) in [6, 6.07) is 0. The van der Waals surface area contributed by atoms with E-state index in [2.05, 4.69) is 34.6 Å². The SMILES string of the molecule is CCC1(CC)CC(=O)C(C)=C(C)C1(C)CC. The molecule has 1 heteroatoms. The Morgan fingerprint density at radius 3 is 1.94 bits per heavy atom. The Bertz CT molecular complexity index is 320. The summed E-state index contributed by atoms with van der Waals surface area (Å²) >= 11 is 0. The second kappa shape index (κ2) is 4.35. The summed E-state index contributed by atoms with van der Waals surface area (Å²) < 4.78 is 0. The van der Waals surface area contributed by atoms with Gasteiger partial charge in [0.25, 0.3) is 0 Å².